The molecule has 4 aromatic carbocycles. The van der Waals surface area contributed by atoms with Crippen LogP contribution in [0.4, 0.5) is 0 Å². The Bertz CT molecular complexity index is 1890. The fraction of sp³-hybridized carbons (Fsp3) is 0.368. The summed E-state index contributed by atoms with van der Waals surface area (Å²) >= 11 is 0. The number of ether oxygens (including phenoxy) is 1. The van der Waals surface area contributed by atoms with Crippen molar-refractivity contribution >= 4 is 32.3 Å². The molecule has 0 fully saturated rings. The van der Waals surface area contributed by atoms with Gasteiger partial charge >= 0.3 is 0 Å². The van der Waals surface area contributed by atoms with Crippen LogP contribution in [0.25, 0.3) is 43.6 Å². The Morgan fingerprint density at radius 1 is 0.707 bits per heavy atom. The minimum atomic E-state index is -0.417. The summed E-state index contributed by atoms with van der Waals surface area (Å²) in [5, 5.41) is 16.6. The van der Waals surface area contributed by atoms with Crippen LogP contribution in [0.5, 0.6) is 11.5 Å². The molecular formula is C38H40N2O. The Morgan fingerprint density at radius 3 is 2.12 bits per heavy atom. The van der Waals surface area contributed by atoms with Gasteiger partial charge in [-0.3, -0.25) is 4.98 Å². The number of pyridine rings is 1. The van der Waals surface area contributed by atoms with E-state index in [0.717, 1.165) is 51.8 Å². The second-order valence-corrected chi connectivity index (χ2v) is 15.0. The van der Waals surface area contributed by atoms with E-state index in [1.807, 2.05) is 20.0 Å². The van der Waals surface area contributed by atoms with Crippen LogP contribution in [0.2, 0.25) is 0 Å². The highest BCUT2D eigenvalue weighted by Gasteiger charge is 2.29. The number of fused-ring (bicyclic) bond motifs is 5. The second kappa shape index (κ2) is 9.31. The summed E-state index contributed by atoms with van der Waals surface area (Å²) in [6.45, 7) is 17.7. The minimum Gasteiger partial charge on any atom is -0.456 e. The van der Waals surface area contributed by atoms with Crippen molar-refractivity contribution in [3.63, 3.8) is 0 Å². The molecule has 0 bridgehead atoms. The first-order valence-corrected chi connectivity index (χ1v) is 14.7. The monoisotopic (exact) mass is 540 g/mol. The molecular weight excluding hydrogens is 500 g/mol. The van der Waals surface area contributed by atoms with E-state index in [1.165, 1.54) is 32.8 Å². The van der Waals surface area contributed by atoms with Crippen molar-refractivity contribution in [2.24, 2.45) is 16.2 Å². The van der Waals surface area contributed by atoms with Crippen LogP contribution in [0.1, 0.15) is 72.1 Å². The first-order chi connectivity index (χ1) is 19.2. The average molecular weight is 541 g/mol. The van der Waals surface area contributed by atoms with E-state index in [4.69, 9.17) is 9.72 Å². The van der Waals surface area contributed by atoms with Crippen LogP contribution in [0, 0.1) is 27.6 Å². The van der Waals surface area contributed by atoms with Gasteiger partial charge in [-0.15, -0.1) is 0 Å². The molecule has 0 saturated carbocycles. The van der Waals surface area contributed by atoms with Gasteiger partial charge in [-0.1, -0.05) is 77.9 Å². The molecule has 208 valence electrons. The molecule has 6 rings (SSSR count). The summed E-state index contributed by atoms with van der Waals surface area (Å²) in [4.78, 5) is 4.98. The Balaban J connectivity index is 1.61. The third-order valence-corrected chi connectivity index (χ3v) is 8.01. The lowest BCUT2D eigenvalue weighted by molar-refractivity contribution is 0.400. The van der Waals surface area contributed by atoms with E-state index < -0.39 is 5.41 Å². The lowest BCUT2D eigenvalue weighted by Crippen LogP contribution is -2.13. The zero-order chi connectivity index (χ0) is 29.3. The predicted octanol–water partition coefficient (Wildman–Crippen LogP) is 10.6. The van der Waals surface area contributed by atoms with Crippen LogP contribution in [-0.4, -0.2) is 4.98 Å². The zero-order valence-corrected chi connectivity index (χ0v) is 25.7. The smallest absolute Gasteiger partial charge is 0.140 e. The van der Waals surface area contributed by atoms with Crippen molar-refractivity contribution < 1.29 is 4.74 Å². The molecule has 1 aromatic heterocycles. The van der Waals surface area contributed by atoms with Crippen LogP contribution in [0.15, 0.2) is 60.8 Å². The maximum Gasteiger partial charge on any atom is 0.140 e. The van der Waals surface area contributed by atoms with Crippen molar-refractivity contribution in [2.45, 2.75) is 74.7 Å². The van der Waals surface area contributed by atoms with Gasteiger partial charge in [0.2, 0.25) is 0 Å². The summed E-state index contributed by atoms with van der Waals surface area (Å²) in [6, 6.07) is 22.5. The van der Waals surface area contributed by atoms with Gasteiger partial charge in [0, 0.05) is 17.3 Å². The molecule has 0 aliphatic carbocycles. The van der Waals surface area contributed by atoms with Gasteiger partial charge in [0.1, 0.15) is 11.5 Å². The molecule has 0 N–H and O–H groups in total. The molecule has 5 aromatic rings. The number of hydrogen-bond donors (Lipinski definition) is 0. The molecule has 2 heterocycles. The zero-order valence-electron chi connectivity index (χ0n) is 25.7. The standard InChI is InChI=1S/C38H40N2O/c1-36(2,3)19-23-10-12-27-26(15-23)17-30-34-33-28(13-14-40-34)29-16-24(20-38(7,8)22-39)9-11-25(29)18-32(33)41-35(30)31(27)21-37(4,5)6/h9-18H,19-21H2,1-8H3. The highest BCUT2D eigenvalue weighted by molar-refractivity contribution is 6.16. The van der Waals surface area contributed by atoms with Gasteiger partial charge in [0.25, 0.3) is 0 Å². The number of benzene rings is 4. The van der Waals surface area contributed by atoms with Gasteiger partial charge in [-0.25, -0.2) is 0 Å². The summed E-state index contributed by atoms with van der Waals surface area (Å²) < 4.78 is 6.90. The molecule has 0 spiro atoms. The lowest BCUT2D eigenvalue weighted by Gasteiger charge is -2.28. The van der Waals surface area contributed by atoms with E-state index >= 15 is 0 Å². The molecule has 0 atom stereocenters. The first kappa shape index (κ1) is 27.3. The number of rotatable bonds is 4. The molecule has 3 heteroatoms. The Hall–Kier alpha value is -3.90. The lowest BCUT2D eigenvalue weighted by atomic mass is 9.82. The Kier molecular flexibility index (Phi) is 6.20. The van der Waals surface area contributed by atoms with Gasteiger partial charge in [0.05, 0.1) is 22.6 Å². The summed E-state index contributed by atoms with van der Waals surface area (Å²) in [5.41, 5.74) is 5.73. The van der Waals surface area contributed by atoms with E-state index in [9.17, 15) is 5.26 Å². The number of nitriles is 1. The van der Waals surface area contributed by atoms with Crippen molar-refractivity contribution in [1.82, 2.24) is 4.98 Å². The molecule has 0 unspecified atom stereocenters. The van der Waals surface area contributed by atoms with Gasteiger partial charge in [0.15, 0.2) is 0 Å². The van der Waals surface area contributed by atoms with Crippen molar-refractivity contribution in [2.75, 3.05) is 0 Å². The second-order valence-electron chi connectivity index (χ2n) is 15.0. The molecule has 0 saturated heterocycles. The van der Waals surface area contributed by atoms with E-state index in [-0.39, 0.29) is 10.8 Å². The number of aromatic nitrogens is 1. The molecule has 1 aliphatic rings. The number of hydrogen-bond acceptors (Lipinski definition) is 3. The maximum atomic E-state index is 9.61. The van der Waals surface area contributed by atoms with Gasteiger partial charge in [-0.05, 0) is 100 Å². The van der Waals surface area contributed by atoms with E-state index in [1.54, 1.807) is 0 Å². The molecule has 0 amide bonds. The normalized spacial score (nSPS) is 13.3. The Labute approximate surface area is 244 Å². The molecule has 41 heavy (non-hydrogen) atoms. The van der Waals surface area contributed by atoms with Crippen LogP contribution < -0.4 is 4.74 Å². The van der Waals surface area contributed by atoms with Crippen LogP contribution in [-0.2, 0) is 19.3 Å². The van der Waals surface area contributed by atoms with Crippen LogP contribution >= 0.6 is 0 Å². The predicted molar refractivity (Wildman–Crippen MR) is 172 cm³/mol. The largest absolute Gasteiger partial charge is 0.456 e. The van der Waals surface area contributed by atoms with Crippen molar-refractivity contribution in [1.29, 1.82) is 5.26 Å². The fourth-order valence-electron chi connectivity index (χ4n) is 6.40. The molecule has 3 nitrogen and oxygen atoms in total. The minimum absolute atomic E-state index is 0.0895. The van der Waals surface area contributed by atoms with Crippen molar-refractivity contribution in [3.05, 3.63) is 77.5 Å². The molecule has 1 aliphatic heterocycles. The number of nitrogens with zero attached hydrogens (tertiary/aromatic N) is 2. The highest BCUT2D eigenvalue weighted by atomic mass is 16.5. The quantitative estimate of drug-likeness (QED) is 0.209. The Morgan fingerprint density at radius 2 is 1.41 bits per heavy atom. The summed E-state index contributed by atoms with van der Waals surface area (Å²) in [6.07, 6.45) is 4.57. The summed E-state index contributed by atoms with van der Waals surface area (Å²) in [7, 11) is 0. The van der Waals surface area contributed by atoms with Crippen molar-refractivity contribution in [3.8, 4) is 28.8 Å². The first-order valence-electron chi connectivity index (χ1n) is 14.7. The van der Waals surface area contributed by atoms with Gasteiger partial charge < -0.3 is 4.74 Å². The average Bonchev–Trinajstić information content (AvgIpc) is 2.87. The van der Waals surface area contributed by atoms with E-state index in [0.29, 0.717) is 6.42 Å². The van der Waals surface area contributed by atoms with Gasteiger partial charge in [-0.2, -0.15) is 5.26 Å². The highest BCUT2D eigenvalue weighted by Crippen LogP contribution is 2.51. The molecule has 0 radical (unpaired) electrons. The third kappa shape index (κ3) is 5.17. The summed E-state index contributed by atoms with van der Waals surface area (Å²) in [5.74, 6) is 1.81. The van der Waals surface area contributed by atoms with Crippen LogP contribution in [0.3, 0.4) is 0 Å². The fourth-order valence-corrected chi connectivity index (χ4v) is 6.40. The topological polar surface area (TPSA) is 45.9 Å². The van der Waals surface area contributed by atoms with E-state index in [2.05, 4.69) is 102 Å². The third-order valence-electron chi connectivity index (χ3n) is 8.01. The SMILES string of the molecule is CC(C)(C)Cc1ccc2c(CC(C)(C)C)c3c(cc2c1)-c1nccc2c1c(cc1ccc(CC(C)(C)C#N)cc12)O3. The maximum absolute atomic E-state index is 9.61.